The molecule has 25 heavy (non-hydrogen) atoms. The number of fused-ring (bicyclic) bond motifs is 1. The molecule has 2 amide bonds. The van der Waals surface area contributed by atoms with Crippen molar-refractivity contribution in [2.45, 2.75) is 38.6 Å². The first-order chi connectivity index (χ1) is 11.6. The van der Waals surface area contributed by atoms with Crippen LogP contribution in [0.25, 0.3) is 0 Å². The first kappa shape index (κ1) is 18.9. The van der Waals surface area contributed by atoms with Gasteiger partial charge >= 0.3 is 0 Å². The highest BCUT2D eigenvalue weighted by Crippen LogP contribution is 2.32. The molecular weight excluding hydrogens is 342 g/mol. The van der Waals surface area contributed by atoms with E-state index in [0.717, 1.165) is 4.31 Å². The van der Waals surface area contributed by atoms with E-state index >= 15 is 0 Å². The van der Waals surface area contributed by atoms with Crippen LogP contribution in [-0.2, 0) is 10.0 Å². The molecule has 0 bridgehead atoms. The molecule has 134 valence electrons. The summed E-state index contributed by atoms with van der Waals surface area (Å²) in [7, 11) is -3.95. The summed E-state index contributed by atoms with van der Waals surface area (Å²) in [5, 5.41) is 8.93. The first-order valence-corrected chi connectivity index (χ1v) is 9.50. The Labute approximate surface area is 147 Å². The molecule has 1 aliphatic heterocycles. The molecule has 2 rings (SSSR count). The van der Waals surface area contributed by atoms with Crippen molar-refractivity contribution >= 4 is 21.8 Å². The van der Waals surface area contributed by atoms with Crippen molar-refractivity contribution in [3.63, 3.8) is 0 Å². The predicted molar refractivity (Wildman–Crippen MR) is 91.3 cm³/mol. The van der Waals surface area contributed by atoms with Crippen LogP contribution in [0.5, 0.6) is 0 Å². The quantitative estimate of drug-likeness (QED) is 0.795. The van der Waals surface area contributed by atoms with Gasteiger partial charge in [-0.05, 0) is 45.9 Å². The van der Waals surface area contributed by atoms with Gasteiger partial charge in [0.1, 0.15) is 4.90 Å². The molecule has 0 radical (unpaired) electrons. The summed E-state index contributed by atoms with van der Waals surface area (Å²) >= 11 is 0. The van der Waals surface area contributed by atoms with Crippen molar-refractivity contribution in [2.24, 2.45) is 5.92 Å². The fraction of sp³-hybridized carbons (Fsp3) is 0.471. The molecule has 1 heterocycles. The van der Waals surface area contributed by atoms with Gasteiger partial charge in [-0.2, -0.15) is 5.26 Å². The van der Waals surface area contributed by atoms with Crippen molar-refractivity contribution in [1.29, 1.82) is 5.26 Å². The van der Waals surface area contributed by atoms with Gasteiger partial charge in [0.25, 0.3) is 21.8 Å². The number of nitrogens with zero attached hydrogens (tertiary/aromatic N) is 3. The van der Waals surface area contributed by atoms with Crippen LogP contribution in [0.15, 0.2) is 23.1 Å². The highest BCUT2D eigenvalue weighted by atomic mass is 32.2. The lowest BCUT2D eigenvalue weighted by Gasteiger charge is -2.22. The summed E-state index contributed by atoms with van der Waals surface area (Å²) in [6.45, 7) is 7.39. The fourth-order valence-corrected chi connectivity index (χ4v) is 4.59. The molecule has 1 aliphatic rings. The Bertz CT molecular complexity index is 855. The molecule has 1 atom stereocenters. The molecule has 0 saturated heterocycles. The smallest absolute Gasteiger partial charge is 0.269 e. The van der Waals surface area contributed by atoms with Crippen LogP contribution in [0.1, 0.15) is 48.4 Å². The monoisotopic (exact) mass is 363 g/mol. The van der Waals surface area contributed by atoms with Crippen molar-refractivity contribution in [1.82, 2.24) is 9.21 Å². The Morgan fingerprint density at radius 2 is 1.96 bits per heavy atom. The van der Waals surface area contributed by atoms with E-state index in [-0.39, 0.29) is 34.4 Å². The zero-order valence-electron chi connectivity index (χ0n) is 14.7. The summed E-state index contributed by atoms with van der Waals surface area (Å²) in [5.74, 6) is -1.27. The van der Waals surface area contributed by atoms with E-state index in [1.807, 2.05) is 0 Å². The SMILES string of the molecule is CCN(CC(C)C#N)C(=O)c1ccc2c(c1)S(=O)(=O)N(C(C)C)C2=O. The second-order valence-corrected chi connectivity index (χ2v) is 8.07. The number of sulfonamides is 1. The van der Waals surface area contributed by atoms with Crippen molar-refractivity contribution in [3.8, 4) is 6.07 Å². The largest absolute Gasteiger partial charge is 0.338 e. The number of carbonyl (C=O) groups is 2. The predicted octanol–water partition coefficient (Wildman–Crippen LogP) is 1.86. The van der Waals surface area contributed by atoms with Crippen LogP contribution in [-0.4, -0.2) is 48.6 Å². The number of benzene rings is 1. The van der Waals surface area contributed by atoms with Gasteiger partial charge in [0, 0.05) is 24.7 Å². The van der Waals surface area contributed by atoms with Gasteiger partial charge in [0.15, 0.2) is 0 Å². The van der Waals surface area contributed by atoms with Gasteiger partial charge in [-0.1, -0.05) is 0 Å². The van der Waals surface area contributed by atoms with Crippen LogP contribution in [0.2, 0.25) is 0 Å². The fourth-order valence-electron chi connectivity index (χ4n) is 2.80. The molecule has 0 spiro atoms. The highest BCUT2D eigenvalue weighted by Gasteiger charge is 2.43. The summed E-state index contributed by atoms with van der Waals surface area (Å²) in [6, 6.07) is 5.66. The number of hydrogen-bond acceptors (Lipinski definition) is 5. The Hall–Kier alpha value is -2.40. The lowest BCUT2D eigenvalue weighted by molar-refractivity contribution is 0.0751. The van der Waals surface area contributed by atoms with E-state index in [0.29, 0.717) is 6.54 Å². The molecule has 0 aliphatic carbocycles. The van der Waals surface area contributed by atoms with Gasteiger partial charge in [-0.15, -0.1) is 0 Å². The van der Waals surface area contributed by atoms with E-state index in [2.05, 4.69) is 6.07 Å². The Kier molecular flexibility index (Phi) is 5.18. The first-order valence-electron chi connectivity index (χ1n) is 8.06. The number of hydrogen-bond donors (Lipinski definition) is 0. The molecular formula is C17H21N3O4S. The van der Waals surface area contributed by atoms with Gasteiger partial charge in [-0.3, -0.25) is 9.59 Å². The summed E-state index contributed by atoms with van der Waals surface area (Å²) in [5.41, 5.74) is 0.270. The molecule has 0 saturated carbocycles. The zero-order chi connectivity index (χ0) is 18.9. The maximum atomic E-state index is 12.7. The van der Waals surface area contributed by atoms with Gasteiger partial charge in [-0.25, -0.2) is 12.7 Å². The molecule has 8 heteroatoms. The Morgan fingerprint density at radius 3 is 2.48 bits per heavy atom. The molecule has 1 unspecified atom stereocenters. The maximum Gasteiger partial charge on any atom is 0.269 e. The lowest BCUT2D eigenvalue weighted by atomic mass is 10.1. The van der Waals surface area contributed by atoms with Crippen LogP contribution >= 0.6 is 0 Å². The number of carbonyl (C=O) groups excluding carboxylic acids is 2. The minimum Gasteiger partial charge on any atom is -0.338 e. The highest BCUT2D eigenvalue weighted by molar-refractivity contribution is 7.90. The number of rotatable bonds is 5. The maximum absolute atomic E-state index is 12.7. The zero-order valence-corrected chi connectivity index (χ0v) is 15.5. The van der Waals surface area contributed by atoms with Gasteiger partial charge in [0.05, 0.1) is 17.6 Å². The van der Waals surface area contributed by atoms with E-state index in [1.165, 1.54) is 23.1 Å². The molecule has 0 N–H and O–H groups in total. The van der Waals surface area contributed by atoms with Crippen molar-refractivity contribution in [3.05, 3.63) is 29.3 Å². The summed E-state index contributed by atoms with van der Waals surface area (Å²) in [4.78, 5) is 26.3. The van der Waals surface area contributed by atoms with Crippen LogP contribution < -0.4 is 0 Å². The molecule has 0 aromatic heterocycles. The van der Waals surface area contributed by atoms with E-state index in [4.69, 9.17) is 5.26 Å². The average molecular weight is 363 g/mol. The Morgan fingerprint density at radius 1 is 1.32 bits per heavy atom. The summed E-state index contributed by atoms with van der Waals surface area (Å²) in [6.07, 6.45) is 0. The van der Waals surface area contributed by atoms with Crippen LogP contribution in [0.3, 0.4) is 0 Å². The lowest BCUT2D eigenvalue weighted by Crippen LogP contribution is -2.36. The normalized spacial score (nSPS) is 16.5. The molecule has 1 aromatic carbocycles. The third-order valence-electron chi connectivity index (χ3n) is 4.05. The third-order valence-corrected chi connectivity index (χ3v) is 6.05. The molecule has 1 aromatic rings. The number of amides is 2. The summed E-state index contributed by atoms with van der Waals surface area (Å²) < 4.78 is 26.1. The third kappa shape index (κ3) is 3.24. The second-order valence-electron chi connectivity index (χ2n) is 6.28. The van der Waals surface area contributed by atoms with Crippen molar-refractivity contribution < 1.29 is 18.0 Å². The molecule has 7 nitrogen and oxygen atoms in total. The van der Waals surface area contributed by atoms with Crippen molar-refractivity contribution in [2.75, 3.05) is 13.1 Å². The minimum absolute atomic E-state index is 0.0821. The topological polar surface area (TPSA) is 98.6 Å². The molecule has 0 fully saturated rings. The van der Waals surface area contributed by atoms with E-state index < -0.39 is 22.0 Å². The minimum atomic E-state index is -3.95. The van der Waals surface area contributed by atoms with Crippen LogP contribution in [0, 0.1) is 17.2 Å². The van der Waals surface area contributed by atoms with Gasteiger partial charge in [0.2, 0.25) is 0 Å². The standard InChI is InChI=1S/C17H21N3O4S/c1-5-19(10-12(4)9-18)16(21)13-6-7-14-15(8-13)25(23,24)20(11(2)3)17(14)22/h6-8,11-12H,5,10H2,1-4H3. The van der Waals surface area contributed by atoms with E-state index in [9.17, 15) is 18.0 Å². The average Bonchev–Trinajstić information content (AvgIpc) is 2.77. The van der Waals surface area contributed by atoms with Crippen LogP contribution in [0.4, 0.5) is 0 Å². The van der Waals surface area contributed by atoms with Gasteiger partial charge < -0.3 is 4.90 Å². The Balaban J connectivity index is 2.44. The number of nitriles is 1. The second kappa shape index (κ2) is 6.84. The van der Waals surface area contributed by atoms with E-state index in [1.54, 1.807) is 27.7 Å².